The Morgan fingerprint density at radius 1 is 1.00 bits per heavy atom. The van der Waals surface area contributed by atoms with E-state index in [9.17, 15) is 9.59 Å². The van der Waals surface area contributed by atoms with Crippen LogP contribution in [0.15, 0.2) is 0 Å². The van der Waals surface area contributed by atoms with E-state index in [1.165, 1.54) is 6.92 Å². The van der Waals surface area contributed by atoms with Gasteiger partial charge in [0.15, 0.2) is 0 Å². The SMILES string of the molecule is CCC(=O)NCCNCCNC(C)=O. The molecule has 0 radical (unpaired) electrons. The predicted octanol–water partition coefficient (Wildman–Crippen LogP) is -0.762. The summed E-state index contributed by atoms with van der Waals surface area (Å²) in [5.41, 5.74) is 0. The van der Waals surface area contributed by atoms with Gasteiger partial charge in [0.2, 0.25) is 11.8 Å². The maximum Gasteiger partial charge on any atom is 0.219 e. The summed E-state index contributed by atoms with van der Waals surface area (Å²) in [5.74, 6) is 0.0414. The number of hydrogen-bond donors (Lipinski definition) is 3. The Kier molecular flexibility index (Phi) is 7.83. The van der Waals surface area contributed by atoms with Crippen molar-refractivity contribution in [2.45, 2.75) is 20.3 Å². The number of amides is 2. The molecule has 3 N–H and O–H groups in total. The van der Waals surface area contributed by atoms with Gasteiger partial charge in [0.1, 0.15) is 0 Å². The molecule has 0 spiro atoms. The molecule has 0 aliphatic heterocycles. The fraction of sp³-hybridized carbons (Fsp3) is 0.778. The highest BCUT2D eigenvalue weighted by Gasteiger charge is 1.94. The molecule has 0 atom stereocenters. The zero-order valence-corrected chi connectivity index (χ0v) is 8.85. The quantitative estimate of drug-likeness (QED) is 0.474. The van der Waals surface area contributed by atoms with Crippen LogP contribution in [0.2, 0.25) is 0 Å². The van der Waals surface area contributed by atoms with Crippen LogP contribution in [0.4, 0.5) is 0 Å². The van der Waals surface area contributed by atoms with Gasteiger partial charge in [0, 0.05) is 39.5 Å². The van der Waals surface area contributed by atoms with E-state index < -0.39 is 0 Å². The first-order valence-corrected chi connectivity index (χ1v) is 4.88. The molecule has 0 aliphatic rings. The standard InChI is InChI=1S/C9H19N3O2/c1-3-9(14)12-7-5-10-4-6-11-8(2)13/h10H,3-7H2,1-2H3,(H,11,13)(H,12,14). The van der Waals surface area contributed by atoms with Gasteiger partial charge in [-0.15, -0.1) is 0 Å². The molecule has 0 bridgehead atoms. The fourth-order valence-corrected chi connectivity index (χ4v) is 0.867. The van der Waals surface area contributed by atoms with Crippen LogP contribution in [0.3, 0.4) is 0 Å². The minimum absolute atomic E-state index is 0.0221. The van der Waals surface area contributed by atoms with Crippen LogP contribution in [0.1, 0.15) is 20.3 Å². The first-order chi connectivity index (χ1) is 6.66. The van der Waals surface area contributed by atoms with Crippen molar-refractivity contribution in [1.82, 2.24) is 16.0 Å². The van der Waals surface area contributed by atoms with Crippen molar-refractivity contribution in [3.05, 3.63) is 0 Å². The molecular formula is C9H19N3O2. The van der Waals surface area contributed by atoms with E-state index in [2.05, 4.69) is 16.0 Å². The Morgan fingerprint density at radius 3 is 2.07 bits per heavy atom. The van der Waals surface area contributed by atoms with Gasteiger partial charge in [-0.1, -0.05) is 6.92 Å². The molecule has 0 fully saturated rings. The summed E-state index contributed by atoms with van der Waals surface area (Å²) in [5, 5.41) is 8.50. The highest BCUT2D eigenvalue weighted by Crippen LogP contribution is 1.72. The Morgan fingerprint density at radius 2 is 1.57 bits per heavy atom. The van der Waals surface area contributed by atoms with Gasteiger partial charge in [-0.3, -0.25) is 9.59 Å². The van der Waals surface area contributed by atoms with Gasteiger partial charge in [-0.2, -0.15) is 0 Å². The van der Waals surface area contributed by atoms with Crippen LogP contribution < -0.4 is 16.0 Å². The molecule has 14 heavy (non-hydrogen) atoms. The lowest BCUT2D eigenvalue weighted by molar-refractivity contribution is -0.121. The first kappa shape index (κ1) is 12.9. The zero-order valence-electron chi connectivity index (χ0n) is 8.85. The molecule has 0 aromatic carbocycles. The van der Waals surface area contributed by atoms with E-state index in [-0.39, 0.29) is 11.8 Å². The molecular weight excluding hydrogens is 182 g/mol. The number of carbonyl (C=O) groups excluding carboxylic acids is 2. The molecule has 82 valence electrons. The second kappa shape index (κ2) is 8.50. The summed E-state index contributed by atoms with van der Waals surface area (Å²) < 4.78 is 0. The molecule has 0 heterocycles. The van der Waals surface area contributed by atoms with E-state index in [1.54, 1.807) is 0 Å². The monoisotopic (exact) mass is 201 g/mol. The fourth-order valence-electron chi connectivity index (χ4n) is 0.867. The van der Waals surface area contributed by atoms with Crippen LogP contribution >= 0.6 is 0 Å². The van der Waals surface area contributed by atoms with Crippen LogP contribution in [0.5, 0.6) is 0 Å². The lowest BCUT2D eigenvalue weighted by Crippen LogP contribution is -2.35. The highest BCUT2D eigenvalue weighted by molar-refractivity contribution is 5.75. The topological polar surface area (TPSA) is 70.2 Å². The molecule has 0 saturated carbocycles. The van der Waals surface area contributed by atoms with Crippen molar-refractivity contribution >= 4 is 11.8 Å². The summed E-state index contributed by atoms with van der Waals surface area (Å²) >= 11 is 0. The molecule has 0 aromatic rings. The largest absolute Gasteiger partial charge is 0.355 e. The summed E-state index contributed by atoms with van der Waals surface area (Å²) in [6, 6.07) is 0. The normalized spacial score (nSPS) is 9.57. The Labute approximate surface area is 84.6 Å². The minimum atomic E-state index is -0.0221. The highest BCUT2D eigenvalue weighted by atomic mass is 16.2. The van der Waals surface area contributed by atoms with Crippen molar-refractivity contribution in [1.29, 1.82) is 0 Å². The van der Waals surface area contributed by atoms with E-state index >= 15 is 0 Å². The summed E-state index contributed by atoms with van der Waals surface area (Å²) in [7, 11) is 0. The second-order valence-corrected chi connectivity index (χ2v) is 2.94. The molecule has 0 unspecified atom stereocenters. The summed E-state index contributed by atoms with van der Waals surface area (Å²) in [4.78, 5) is 21.3. The average molecular weight is 201 g/mol. The van der Waals surface area contributed by atoms with Gasteiger partial charge < -0.3 is 16.0 Å². The van der Waals surface area contributed by atoms with E-state index in [1.807, 2.05) is 6.92 Å². The van der Waals surface area contributed by atoms with Crippen LogP contribution in [0, 0.1) is 0 Å². The second-order valence-electron chi connectivity index (χ2n) is 2.94. The van der Waals surface area contributed by atoms with Crippen LogP contribution in [0.25, 0.3) is 0 Å². The Hall–Kier alpha value is -1.10. The van der Waals surface area contributed by atoms with Crippen molar-refractivity contribution in [3.63, 3.8) is 0 Å². The third kappa shape index (κ3) is 8.99. The molecule has 0 aromatic heterocycles. The van der Waals surface area contributed by atoms with Crippen molar-refractivity contribution < 1.29 is 9.59 Å². The van der Waals surface area contributed by atoms with E-state index in [0.717, 1.165) is 13.1 Å². The first-order valence-electron chi connectivity index (χ1n) is 4.88. The van der Waals surface area contributed by atoms with Crippen LogP contribution in [-0.4, -0.2) is 38.0 Å². The van der Waals surface area contributed by atoms with Gasteiger partial charge in [0.25, 0.3) is 0 Å². The van der Waals surface area contributed by atoms with Gasteiger partial charge >= 0.3 is 0 Å². The smallest absolute Gasteiger partial charge is 0.219 e. The molecule has 5 nitrogen and oxygen atoms in total. The molecule has 0 rings (SSSR count). The number of carbonyl (C=O) groups is 2. The van der Waals surface area contributed by atoms with E-state index in [0.29, 0.717) is 19.5 Å². The Balaban J connectivity index is 3.06. The maximum absolute atomic E-state index is 10.8. The predicted molar refractivity (Wildman–Crippen MR) is 54.9 cm³/mol. The zero-order chi connectivity index (χ0) is 10.8. The average Bonchev–Trinajstić information content (AvgIpc) is 2.15. The van der Waals surface area contributed by atoms with E-state index in [4.69, 9.17) is 0 Å². The maximum atomic E-state index is 10.8. The van der Waals surface area contributed by atoms with Gasteiger partial charge in [-0.25, -0.2) is 0 Å². The van der Waals surface area contributed by atoms with Gasteiger partial charge in [0.05, 0.1) is 0 Å². The number of nitrogens with one attached hydrogen (secondary N) is 3. The molecule has 0 aliphatic carbocycles. The molecule has 2 amide bonds. The van der Waals surface area contributed by atoms with Crippen molar-refractivity contribution in [3.8, 4) is 0 Å². The lowest BCUT2D eigenvalue weighted by Gasteiger charge is -2.06. The number of rotatable bonds is 7. The molecule has 5 heteroatoms. The minimum Gasteiger partial charge on any atom is -0.355 e. The molecule has 0 saturated heterocycles. The Bertz CT molecular complexity index is 183. The summed E-state index contributed by atoms with van der Waals surface area (Å²) in [6.07, 6.45) is 0.520. The third-order valence-corrected chi connectivity index (χ3v) is 1.62. The lowest BCUT2D eigenvalue weighted by atomic mass is 10.4. The third-order valence-electron chi connectivity index (χ3n) is 1.62. The van der Waals surface area contributed by atoms with Crippen molar-refractivity contribution in [2.24, 2.45) is 0 Å². The summed E-state index contributed by atoms with van der Waals surface area (Å²) in [6.45, 7) is 6.01. The van der Waals surface area contributed by atoms with Crippen LogP contribution in [-0.2, 0) is 9.59 Å². The number of hydrogen-bond acceptors (Lipinski definition) is 3. The van der Waals surface area contributed by atoms with Gasteiger partial charge in [-0.05, 0) is 0 Å². The van der Waals surface area contributed by atoms with Crippen molar-refractivity contribution in [2.75, 3.05) is 26.2 Å².